The Bertz CT molecular complexity index is 1190. The van der Waals surface area contributed by atoms with Crippen molar-refractivity contribution in [3.63, 3.8) is 0 Å². The molecule has 3 nitrogen and oxygen atoms in total. The molecule has 0 aliphatic rings. The first-order valence-electron chi connectivity index (χ1n) is 9.52. The molecule has 0 aromatic heterocycles. The number of hydrogen-bond acceptors (Lipinski definition) is 3. The van der Waals surface area contributed by atoms with Crippen molar-refractivity contribution in [1.29, 1.82) is 0 Å². The van der Waals surface area contributed by atoms with Crippen LogP contribution in [-0.2, 0) is 15.6 Å². The van der Waals surface area contributed by atoms with Crippen LogP contribution in [0.5, 0.6) is 0 Å². The minimum Gasteiger partial charge on any atom is -0.288 e. The molecule has 30 heavy (non-hydrogen) atoms. The number of aryl methyl sites for hydroxylation is 3. The fourth-order valence-corrected chi connectivity index (χ4v) is 4.89. The van der Waals surface area contributed by atoms with Crippen LogP contribution in [0.3, 0.4) is 0 Å². The van der Waals surface area contributed by atoms with E-state index >= 15 is 0 Å². The summed E-state index contributed by atoms with van der Waals surface area (Å²) in [7, 11) is -3.89. The number of halogens is 1. The summed E-state index contributed by atoms with van der Waals surface area (Å²) in [6.07, 6.45) is 1.47. The van der Waals surface area contributed by atoms with E-state index in [2.05, 4.69) is 0 Å². The molecule has 0 amide bonds. The summed E-state index contributed by atoms with van der Waals surface area (Å²) in [6.45, 7) is 5.81. The number of rotatable bonds is 6. The quantitative estimate of drug-likeness (QED) is 0.345. The van der Waals surface area contributed by atoms with E-state index in [1.54, 1.807) is 36.4 Å². The smallest absolute Gasteiger partial charge is 0.204 e. The maximum absolute atomic E-state index is 13.3. The lowest BCUT2D eigenvalue weighted by atomic mass is 10.1. The zero-order chi connectivity index (χ0) is 21.9. The Balaban J connectivity index is 2.10. The zero-order valence-electron chi connectivity index (χ0n) is 17.1. The number of carbonyl (C=O) groups is 1. The van der Waals surface area contributed by atoms with Gasteiger partial charge in [0.15, 0.2) is 9.84 Å². The molecule has 0 fully saturated rings. The molecule has 0 radical (unpaired) electrons. The van der Waals surface area contributed by atoms with Gasteiger partial charge in [0.25, 0.3) is 0 Å². The predicted molar refractivity (Wildman–Crippen MR) is 123 cm³/mol. The fourth-order valence-electron chi connectivity index (χ4n) is 3.27. The van der Waals surface area contributed by atoms with Gasteiger partial charge in [-0.25, -0.2) is 8.42 Å². The first-order valence-corrected chi connectivity index (χ1v) is 11.6. The number of ketones is 1. The van der Waals surface area contributed by atoms with Crippen molar-refractivity contribution in [3.05, 3.63) is 110 Å². The van der Waals surface area contributed by atoms with Crippen LogP contribution in [0.1, 0.15) is 38.2 Å². The average Bonchev–Trinajstić information content (AvgIpc) is 2.67. The van der Waals surface area contributed by atoms with Crippen molar-refractivity contribution in [3.8, 4) is 0 Å². The SMILES string of the molecule is Cc1ccc(CS(=O)(=O)/C(=C\c2cc(C)cc(C)c2)C(=O)c2ccc(Cl)cc2)cc1. The van der Waals surface area contributed by atoms with Crippen molar-refractivity contribution >= 4 is 33.3 Å². The number of carbonyl (C=O) groups excluding carboxylic acids is 1. The van der Waals surface area contributed by atoms with Gasteiger partial charge in [-0.05, 0) is 62.2 Å². The van der Waals surface area contributed by atoms with Crippen LogP contribution >= 0.6 is 11.6 Å². The maximum atomic E-state index is 13.3. The largest absolute Gasteiger partial charge is 0.288 e. The second-order valence-corrected chi connectivity index (χ2v) is 9.90. The molecule has 0 saturated heterocycles. The summed E-state index contributed by atoms with van der Waals surface area (Å²) in [4.78, 5) is 13.0. The van der Waals surface area contributed by atoms with E-state index in [4.69, 9.17) is 11.6 Å². The summed E-state index contributed by atoms with van der Waals surface area (Å²) in [6, 6.07) is 19.2. The summed E-state index contributed by atoms with van der Waals surface area (Å²) in [5.74, 6) is -0.790. The molecule has 0 atom stereocenters. The van der Waals surface area contributed by atoms with Crippen LogP contribution in [0.4, 0.5) is 0 Å². The van der Waals surface area contributed by atoms with Gasteiger partial charge in [0.1, 0.15) is 4.91 Å². The summed E-state index contributed by atoms with van der Waals surface area (Å²) in [5.41, 5.74) is 4.63. The van der Waals surface area contributed by atoms with E-state index in [0.717, 1.165) is 16.7 Å². The van der Waals surface area contributed by atoms with Crippen molar-refractivity contribution < 1.29 is 13.2 Å². The molecule has 154 valence electrons. The molecule has 0 unspecified atom stereocenters. The number of hydrogen-bond donors (Lipinski definition) is 0. The molecule has 5 heteroatoms. The van der Waals surface area contributed by atoms with Crippen molar-refractivity contribution in [1.82, 2.24) is 0 Å². The van der Waals surface area contributed by atoms with E-state index in [1.165, 1.54) is 6.08 Å². The van der Waals surface area contributed by atoms with Crippen molar-refractivity contribution in [2.45, 2.75) is 26.5 Å². The molecular formula is C25H23ClO3S. The number of allylic oxidation sites excluding steroid dienone is 1. The van der Waals surface area contributed by atoms with Crippen molar-refractivity contribution in [2.75, 3.05) is 0 Å². The second kappa shape index (κ2) is 8.99. The summed E-state index contributed by atoms with van der Waals surface area (Å²) < 4.78 is 26.7. The highest BCUT2D eigenvalue weighted by Crippen LogP contribution is 2.24. The van der Waals surface area contributed by atoms with E-state index in [-0.39, 0.29) is 16.2 Å². The predicted octanol–water partition coefficient (Wildman–Crippen LogP) is 6.10. The van der Waals surface area contributed by atoms with E-state index in [9.17, 15) is 13.2 Å². The minimum atomic E-state index is -3.89. The highest BCUT2D eigenvalue weighted by atomic mass is 35.5. The monoisotopic (exact) mass is 438 g/mol. The van der Waals surface area contributed by atoms with E-state index < -0.39 is 15.6 Å². The number of sulfone groups is 1. The van der Waals surface area contributed by atoms with Crippen LogP contribution in [0.25, 0.3) is 6.08 Å². The Morgan fingerprint density at radius 1 is 0.833 bits per heavy atom. The second-order valence-electron chi connectivity index (χ2n) is 7.51. The first-order chi connectivity index (χ1) is 14.1. The lowest BCUT2D eigenvalue weighted by molar-refractivity contribution is 0.104. The van der Waals surface area contributed by atoms with Crippen molar-refractivity contribution in [2.24, 2.45) is 0 Å². The molecule has 0 aliphatic carbocycles. The van der Waals surface area contributed by atoms with Crippen LogP contribution in [0.2, 0.25) is 5.02 Å². The number of Topliss-reactive ketones (excluding diaryl/α,β-unsaturated/α-hetero) is 1. The van der Waals surface area contributed by atoms with Crippen LogP contribution < -0.4 is 0 Å². The van der Waals surface area contributed by atoms with Gasteiger partial charge < -0.3 is 0 Å². The fraction of sp³-hybridized carbons (Fsp3) is 0.160. The third kappa shape index (κ3) is 5.47. The van der Waals surface area contributed by atoms with E-state index in [1.807, 2.05) is 51.1 Å². The molecule has 0 spiro atoms. The number of benzene rings is 3. The van der Waals surface area contributed by atoms with Gasteiger partial charge in [0.05, 0.1) is 5.75 Å². The first kappa shape index (κ1) is 22.0. The lowest BCUT2D eigenvalue weighted by Crippen LogP contribution is -2.16. The van der Waals surface area contributed by atoms with Gasteiger partial charge in [-0.1, -0.05) is 70.8 Å². The molecule has 0 heterocycles. The molecule has 3 rings (SSSR count). The van der Waals surface area contributed by atoms with Gasteiger partial charge in [0, 0.05) is 10.6 Å². The molecular weight excluding hydrogens is 416 g/mol. The van der Waals surface area contributed by atoms with Crippen LogP contribution in [0.15, 0.2) is 71.6 Å². The topological polar surface area (TPSA) is 51.2 Å². The summed E-state index contributed by atoms with van der Waals surface area (Å²) in [5, 5.41) is 0.480. The van der Waals surface area contributed by atoms with Gasteiger partial charge >= 0.3 is 0 Å². The van der Waals surface area contributed by atoms with Crippen LogP contribution in [-0.4, -0.2) is 14.2 Å². The molecule has 0 saturated carbocycles. The standard InChI is InChI=1S/C25H23ClO3S/c1-17-4-6-20(7-5-17)16-30(28,29)24(15-21-13-18(2)12-19(3)14-21)25(27)22-8-10-23(26)11-9-22/h4-15H,16H2,1-3H3/b24-15-. The van der Waals surface area contributed by atoms with E-state index in [0.29, 0.717) is 16.1 Å². The lowest BCUT2D eigenvalue weighted by Gasteiger charge is -2.11. The molecule has 3 aromatic carbocycles. The Morgan fingerprint density at radius 2 is 1.40 bits per heavy atom. The van der Waals surface area contributed by atoms with Gasteiger partial charge in [-0.15, -0.1) is 0 Å². The molecule has 0 N–H and O–H groups in total. The highest BCUT2D eigenvalue weighted by Gasteiger charge is 2.26. The highest BCUT2D eigenvalue weighted by molar-refractivity contribution is 7.95. The molecule has 0 aliphatic heterocycles. The normalized spacial score (nSPS) is 12.1. The molecule has 3 aromatic rings. The van der Waals surface area contributed by atoms with Crippen LogP contribution in [0, 0.1) is 20.8 Å². The van der Waals surface area contributed by atoms with Gasteiger partial charge in [-0.2, -0.15) is 0 Å². The average molecular weight is 439 g/mol. The Morgan fingerprint density at radius 3 is 1.97 bits per heavy atom. The Labute approximate surface area is 183 Å². The summed E-state index contributed by atoms with van der Waals surface area (Å²) >= 11 is 5.93. The molecule has 0 bridgehead atoms. The third-order valence-corrected chi connectivity index (χ3v) is 6.62. The Hall–Kier alpha value is -2.69. The minimum absolute atomic E-state index is 0.226. The Kier molecular flexibility index (Phi) is 6.59. The zero-order valence-corrected chi connectivity index (χ0v) is 18.7. The van der Waals surface area contributed by atoms with Gasteiger partial charge in [-0.3, -0.25) is 4.79 Å². The third-order valence-electron chi connectivity index (χ3n) is 4.68. The van der Waals surface area contributed by atoms with Gasteiger partial charge in [0.2, 0.25) is 5.78 Å². The maximum Gasteiger partial charge on any atom is 0.204 e.